The molecule has 5 rings (SSSR count). The minimum absolute atomic E-state index is 0.0741. The van der Waals surface area contributed by atoms with E-state index in [2.05, 4.69) is 27.7 Å². The number of carbonyl (C=O) groups is 3. The molecule has 4 heteroatoms. The van der Waals surface area contributed by atoms with E-state index >= 15 is 0 Å². The quantitative estimate of drug-likeness (QED) is 0.553. The van der Waals surface area contributed by atoms with Crippen molar-refractivity contribution in [2.45, 2.75) is 92.4 Å². The molecule has 0 aromatic heterocycles. The highest BCUT2D eigenvalue weighted by molar-refractivity contribution is 5.97. The highest BCUT2D eigenvalue weighted by Gasteiger charge is 2.67. The lowest BCUT2D eigenvalue weighted by molar-refractivity contribution is -0.158. The summed E-state index contributed by atoms with van der Waals surface area (Å²) >= 11 is 0. The normalized spacial score (nSPS) is 50.3. The van der Waals surface area contributed by atoms with Crippen molar-refractivity contribution in [3.63, 3.8) is 0 Å². The first-order valence-corrected chi connectivity index (χ1v) is 12.5. The van der Waals surface area contributed by atoms with Crippen molar-refractivity contribution >= 4 is 17.5 Å². The minimum atomic E-state index is -0.720. The largest absolute Gasteiger partial charge is 0.481 e. The molecule has 0 heterocycles. The van der Waals surface area contributed by atoms with Gasteiger partial charge in [-0.1, -0.05) is 38.8 Å². The molecule has 7 atom stereocenters. The highest BCUT2D eigenvalue weighted by atomic mass is 16.4. The summed E-state index contributed by atoms with van der Waals surface area (Å²) in [7, 11) is 0. The molecular formula is C28H38O4. The number of ketones is 2. The van der Waals surface area contributed by atoms with Crippen LogP contribution in [0.3, 0.4) is 0 Å². The molecule has 5 aliphatic rings. The number of rotatable bonds is 1. The summed E-state index contributed by atoms with van der Waals surface area (Å²) in [6.45, 7) is 11.2. The summed E-state index contributed by atoms with van der Waals surface area (Å²) in [6.07, 6.45) is 11.3. The van der Waals surface area contributed by atoms with Crippen molar-refractivity contribution in [2.24, 2.45) is 38.9 Å². The number of hydrogen-bond donors (Lipinski definition) is 1. The van der Waals surface area contributed by atoms with Gasteiger partial charge in [-0.2, -0.15) is 0 Å². The maximum absolute atomic E-state index is 13.9. The van der Waals surface area contributed by atoms with Crippen LogP contribution in [-0.4, -0.2) is 22.6 Å². The van der Waals surface area contributed by atoms with E-state index in [4.69, 9.17) is 0 Å². The van der Waals surface area contributed by atoms with Gasteiger partial charge < -0.3 is 5.11 Å². The van der Waals surface area contributed by atoms with E-state index in [9.17, 15) is 19.5 Å². The van der Waals surface area contributed by atoms with Crippen LogP contribution in [0.4, 0.5) is 0 Å². The van der Waals surface area contributed by atoms with Crippen molar-refractivity contribution in [1.29, 1.82) is 0 Å². The molecule has 0 saturated heterocycles. The third-order valence-electron chi connectivity index (χ3n) is 11.5. The molecule has 0 bridgehead atoms. The van der Waals surface area contributed by atoms with E-state index in [0.717, 1.165) is 38.5 Å². The summed E-state index contributed by atoms with van der Waals surface area (Å²) < 4.78 is 0. The first-order valence-electron chi connectivity index (χ1n) is 12.5. The molecule has 0 radical (unpaired) electrons. The van der Waals surface area contributed by atoms with Gasteiger partial charge in [0, 0.05) is 12.3 Å². The second-order valence-electron chi connectivity index (χ2n) is 13.0. The molecule has 0 spiro atoms. The van der Waals surface area contributed by atoms with Crippen LogP contribution in [0.1, 0.15) is 92.4 Å². The molecule has 0 aromatic rings. The zero-order chi connectivity index (χ0) is 23.3. The predicted molar refractivity (Wildman–Crippen MR) is 123 cm³/mol. The van der Waals surface area contributed by atoms with E-state index < -0.39 is 11.4 Å². The first-order chi connectivity index (χ1) is 14.8. The number of aliphatic carboxylic acids is 1. The monoisotopic (exact) mass is 438 g/mol. The van der Waals surface area contributed by atoms with Crippen molar-refractivity contribution in [3.05, 3.63) is 23.3 Å². The topological polar surface area (TPSA) is 71.4 Å². The Morgan fingerprint density at radius 1 is 0.906 bits per heavy atom. The van der Waals surface area contributed by atoms with Gasteiger partial charge in [0.1, 0.15) is 0 Å². The molecule has 32 heavy (non-hydrogen) atoms. The summed E-state index contributed by atoms with van der Waals surface area (Å²) in [5, 5.41) is 9.99. The Morgan fingerprint density at radius 3 is 2.28 bits per heavy atom. The smallest absolute Gasteiger partial charge is 0.309 e. The second-order valence-corrected chi connectivity index (χ2v) is 13.0. The van der Waals surface area contributed by atoms with Gasteiger partial charge in [-0.15, -0.1) is 0 Å². The van der Waals surface area contributed by atoms with Crippen LogP contribution in [0.2, 0.25) is 0 Å². The number of carbonyl (C=O) groups excluding carboxylic acids is 2. The van der Waals surface area contributed by atoms with E-state index in [-0.39, 0.29) is 45.1 Å². The molecule has 174 valence electrons. The Hall–Kier alpha value is -1.71. The van der Waals surface area contributed by atoms with Gasteiger partial charge >= 0.3 is 5.97 Å². The van der Waals surface area contributed by atoms with Crippen LogP contribution in [0.25, 0.3) is 0 Å². The number of carboxylic acid groups (broad SMARTS) is 1. The molecule has 0 amide bonds. The van der Waals surface area contributed by atoms with Gasteiger partial charge in [0.15, 0.2) is 11.6 Å². The zero-order valence-corrected chi connectivity index (χ0v) is 20.3. The molecule has 3 saturated carbocycles. The number of fused-ring (bicyclic) bond motifs is 7. The Balaban J connectivity index is 1.64. The number of carboxylic acids is 1. The minimum Gasteiger partial charge on any atom is -0.481 e. The zero-order valence-electron chi connectivity index (χ0n) is 20.3. The first kappa shape index (κ1) is 22.1. The average molecular weight is 439 g/mol. The Labute approximate surface area is 191 Å². The number of hydrogen-bond acceptors (Lipinski definition) is 3. The lowest BCUT2D eigenvalue weighted by atomic mass is 9.36. The van der Waals surface area contributed by atoms with Gasteiger partial charge in [-0.25, -0.2) is 0 Å². The van der Waals surface area contributed by atoms with E-state index in [1.165, 1.54) is 11.1 Å². The molecular weight excluding hydrogens is 400 g/mol. The van der Waals surface area contributed by atoms with E-state index in [1.807, 2.05) is 19.1 Å². The molecule has 3 fully saturated rings. The standard InChI is InChI=1S/C28H38O4/c1-24-10-11-25(2,23(31)32)16-20(24)19-15-21(30)22-26(3)8-7-18(29)14-17(26)6-9-28(22,5)27(19,4)13-12-24/h14-15,20,22H,6-13,16H2,1-5H3,(H,31,32)/t20?,22-,24-,25+,26+,27-,28-/m1/s1. The van der Waals surface area contributed by atoms with Gasteiger partial charge in [0.05, 0.1) is 5.41 Å². The fraction of sp³-hybridized carbons (Fsp3) is 0.750. The Bertz CT molecular complexity index is 989. The van der Waals surface area contributed by atoms with Gasteiger partial charge in [0.2, 0.25) is 0 Å². The van der Waals surface area contributed by atoms with Gasteiger partial charge in [0.25, 0.3) is 0 Å². The summed E-state index contributed by atoms with van der Waals surface area (Å²) in [5.41, 5.74) is 1.26. The molecule has 0 aliphatic heterocycles. The SMILES string of the molecule is C[C@]1(C(=O)O)CC[C@]2(C)CC[C@]3(C)C(=CC(=O)[C@@H]4[C@@]5(C)CCC(=O)C=C5CC[C@]43C)C2C1. The van der Waals surface area contributed by atoms with Crippen molar-refractivity contribution in [2.75, 3.05) is 0 Å². The van der Waals surface area contributed by atoms with Crippen molar-refractivity contribution in [1.82, 2.24) is 0 Å². The average Bonchev–Trinajstić information content (AvgIpc) is 2.71. The van der Waals surface area contributed by atoms with Gasteiger partial charge in [-0.3, -0.25) is 14.4 Å². The molecule has 0 aromatic carbocycles. The third-order valence-corrected chi connectivity index (χ3v) is 11.5. The van der Waals surface area contributed by atoms with Crippen LogP contribution in [0.5, 0.6) is 0 Å². The highest BCUT2D eigenvalue weighted by Crippen LogP contribution is 2.73. The summed E-state index contributed by atoms with van der Waals surface area (Å²) in [5.74, 6) is -0.235. The third kappa shape index (κ3) is 2.58. The van der Waals surface area contributed by atoms with Crippen LogP contribution in [0, 0.1) is 38.9 Å². The van der Waals surface area contributed by atoms with Crippen LogP contribution in [0.15, 0.2) is 23.3 Å². The van der Waals surface area contributed by atoms with Crippen LogP contribution >= 0.6 is 0 Å². The maximum atomic E-state index is 13.9. The number of allylic oxidation sites excluding steroid dienone is 4. The summed E-state index contributed by atoms with van der Waals surface area (Å²) in [4.78, 5) is 38.3. The van der Waals surface area contributed by atoms with Gasteiger partial charge in [-0.05, 0) is 98.0 Å². The van der Waals surface area contributed by atoms with Crippen LogP contribution in [-0.2, 0) is 14.4 Å². The fourth-order valence-corrected chi connectivity index (χ4v) is 8.82. The molecule has 1 unspecified atom stereocenters. The molecule has 1 N–H and O–H groups in total. The summed E-state index contributed by atoms with van der Waals surface area (Å²) in [6, 6.07) is 0. The predicted octanol–water partition coefficient (Wildman–Crippen LogP) is 5.90. The van der Waals surface area contributed by atoms with Crippen molar-refractivity contribution < 1.29 is 19.5 Å². The Morgan fingerprint density at radius 2 is 1.59 bits per heavy atom. The lowest BCUT2D eigenvalue weighted by Gasteiger charge is -2.67. The van der Waals surface area contributed by atoms with Crippen molar-refractivity contribution in [3.8, 4) is 0 Å². The maximum Gasteiger partial charge on any atom is 0.309 e. The molecule has 4 nitrogen and oxygen atoms in total. The Kier molecular flexibility index (Phi) is 4.45. The van der Waals surface area contributed by atoms with E-state index in [1.54, 1.807) is 0 Å². The second kappa shape index (κ2) is 6.45. The fourth-order valence-electron chi connectivity index (χ4n) is 8.82. The molecule has 5 aliphatic carbocycles. The van der Waals surface area contributed by atoms with E-state index in [0.29, 0.717) is 19.3 Å². The van der Waals surface area contributed by atoms with Crippen LogP contribution < -0.4 is 0 Å². The lowest BCUT2D eigenvalue weighted by Crippen LogP contribution is -2.62.